The monoisotopic (exact) mass is 519 g/mol. The Morgan fingerprint density at radius 1 is 1.05 bits per heavy atom. The molecule has 1 spiro atoms. The van der Waals surface area contributed by atoms with Gasteiger partial charge in [-0.2, -0.15) is 5.10 Å². The molecule has 2 aliphatic rings. The average molecular weight is 520 g/mol. The Kier molecular flexibility index (Phi) is 5.18. The fourth-order valence-corrected chi connectivity index (χ4v) is 5.34. The summed E-state index contributed by atoms with van der Waals surface area (Å²) >= 11 is 0. The van der Waals surface area contributed by atoms with Crippen LogP contribution in [0.2, 0.25) is 0 Å². The zero-order valence-electron chi connectivity index (χ0n) is 21.3. The second-order valence-corrected chi connectivity index (χ2v) is 10.1. The highest BCUT2D eigenvalue weighted by molar-refractivity contribution is 5.89. The molecular weight excluding hydrogens is 494 g/mol. The molecule has 1 N–H and O–H groups in total. The van der Waals surface area contributed by atoms with E-state index in [0.717, 1.165) is 60.2 Å². The highest BCUT2D eigenvalue weighted by Crippen LogP contribution is 2.42. The molecule has 2 saturated heterocycles. The van der Waals surface area contributed by atoms with Gasteiger partial charge in [0, 0.05) is 49.5 Å². The summed E-state index contributed by atoms with van der Waals surface area (Å²) in [6.45, 7) is 8.85. The van der Waals surface area contributed by atoms with Crippen LogP contribution in [-0.2, 0) is 4.79 Å². The number of likely N-dealkylation sites (tertiary alicyclic amines) is 1. The second-order valence-electron chi connectivity index (χ2n) is 10.1. The van der Waals surface area contributed by atoms with Crippen molar-refractivity contribution in [2.75, 3.05) is 36.4 Å². The number of hydrogen-bond donors (Lipinski definition) is 1. The predicted octanol–water partition coefficient (Wildman–Crippen LogP) is 3.75. The van der Waals surface area contributed by atoms with E-state index in [1.807, 2.05) is 60.5 Å². The van der Waals surface area contributed by atoms with Crippen molar-refractivity contribution >= 4 is 39.9 Å². The maximum Gasteiger partial charge on any atom is 0.245 e. The zero-order valence-corrected chi connectivity index (χ0v) is 21.3. The van der Waals surface area contributed by atoms with Crippen molar-refractivity contribution in [1.82, 2.24) is 34.4 Å². The number of pyridine rings is 2. The molecular formula is C28H25N9O2. The first-order chi connectivity index (χ1) is 19.0. The Morgan fingerprint density at radius 2 is 1.92 bits per heavy atom. The lowest BCUT2D eigenvalue weighted by Crippen LogP contribution is -2.73. The van der Waals surface area contributed by atoms with Gasteiger partial charge in [0.2, 0.25) is 5.91 Å². The van der Waals surface area contributed by atoms with Crippen molar-refractivity contribution in [2.24, 2.45) is 5.41 Å². The van der Waals surface area contributed by atoms with Gasteiger partial charge < -0.3 is 19.9 Å². The number of aryl methyl sites for hydroxylation is 1. The highest BCUT2D eigenvalue weighted by Gasteiger charge is 2.53. The highest BCUT2D eigenvalue weighted by atomic mass is 16.5. The lowest BCUT2D eigenvalue weighted by Gasteiger charge is -2.60. The minimum atomic E-state index is -0.000941. The molecule has 0 unspecified atom stereocenters. The Bertz CT molecular complexity index is 1750. The lowest BCUT2D eigenvalue weighted by molar-refractivity contribution is -0.139. The molecule has 2 fully saturated rings. The molecule has 39 heavy (non-hydrogen) atoms. The summed E-state index contributed by atoms with van der Waals surface area (Å²) in [5.74, 6) is 2.94. The van der Waals surface area contributed by atoms with Crippen LogP contribution >= 0.6 is 0 Å². The van der Waals surface area contributed by atoms with E-state index in [1.165, 1.54) is 18.7 Å². The van der Waals surface area contributed by atoms with Gasteiger partial charge in [-0.25, -0.2) is 24.5 Å². The number of carbonyl (C=O) groups excluding carboxylic acids is 1. The van der Waals surface area contributed by atoms with Crippen LogP contribution in [0.5, 0.6) is 11.5 Å². The standard InChI is InChI=1S/C28H25N9O2/c1-3-25(38)36-14-28(15-36)12-35(13-28)23-7-5-21-26(34-23)27(31-16-29-21)33-19-4-6-22(18(2)10-19)39-20-8-9-37-24(11-20)30-17-32-37/h3-11,16-17H,1,12-15H2,2H3,(H,29,31,33). The molecule has 0 bridgehead atoms. The van der Waals surface area contributed by atoms with Crippen LogP contribution in [0.1, 0.15) is 5.56 Å². The summed E-state index contributed by atoms with van der Waals surface area (Å²) in [4.78, 5) is 33.9. The number of anilines is 3. The van der Waals surface area contributed by atoms with E-state index >= 15 is 0 Å². The molecule has 2 aliphatic heterocycles. The fourth-order valence-electron chi connectivity index (χ4n) is 5.34. The van der Waals surface area contributed by atoms with Gasteiger partial charge in [0.15, 0.2) is 11.5 Å². The maximum absolute atomic E-state index is 11.8. The van der Waals surface area contributed by atoms with Crippen molar-refractivity contribution in [3.05, 3.63) is 79.5 Å². The van der Waals surface area contributed by atoms with Crippen molar-refractivity contribution in [2.45, 2.75) is 6.92 Å². The maximum atomic E-state index is 11.8. The molecule has 11 heteroatoms. The number of fused-ring (bicyclic) bond motifs is 2. The Hall–Kier alpha value is -5.06. The molecule has 0 radical (unpaired) electrons. The van der Waals surface area contributed by atoms with Gasteiger partial charge in [-0.15, -0.1) is 0 Å². The molecule has 7 rings (SSSR count). The van der Waals surface area contributed by atoms with Gasteiger partial charge in [-0.1, -0.05) is 6.58 Å². The SMILES string of the molecule is C=CC(=O)N1CC2(C1)CN(c1ccc3ncnc(Nc4ccc(Oc5ccn6ncnc6c5)c(C)c4)c3n1)C2. The molecule has 11 nitrogen and oxygen atoms in total. The topological polar surface area (TPSA) is 114 Å². The van der Waals surface area contributed by atoms with Gasteiger partial charge in [0.25, 0.3) is 0 Å². The summed E-state index contributed by atoms with van der Waals surface area (Å²) < 4.78 is 7.79. The van der Waals surface area contributed by atoms with Gasteiger partial charge in [-0.05, 0) is 55.0 Å². The van der Waals surface area contributed by atoms with Crippen molar-refractivity contribution < 1.29 is 9.53 Å². The molecule has 4 aromatic heterocycles. The number of amides is 1. The van der Waals surface area contributed by atoms with E-state index in [4.69, 9.17) is 9.72 Å². The first kappa shape index (κ1) is 23.1. The van der Waals surface area contributed by atoms with E-state index in [0.29, 0.717) is 17.1 Å². The third-order valence-electron chi connectivity index (χ3n) is 7.30. The third kappa shape index (κ3) is 4.08. The molecule has 1 aromatic carbocycles. The summed E-state index contributed by atoms with van der Waals surface area (Å²) in [6.07, 6.45) is 6.24. The van der Waals surface area contributed by atoms with E-state index in [1.54, 1.807) is 4.52 Å². The molecule has 0 saturated carbocycles. The lowest BCUT2D eigenvalue weighted by atomic mass is 9.73. The summed E-state index contributed by atoms with van der Waals surface area (Å²) in [5.41, 5.74) is 4.17. The largest absolute Gasteiger partial charge is 0.457 e. The van der Waals surface area contributed by atoms with E-state index < -0.39 is 0 Å². The van der Waals surface area contributed by atoms with Gasteiger partial charge in [-0.3, -0.25) is 4.79 Å². The number of benzene rings is 1. The van der Waals surface area contributed by atoms with Crippen LogP contribution in [0.15, 0.2) is 74.0 Å². The number of hydrogen-bond acceptors (Lipinski definition) is 9. The Labute approximate surface area is 223 Å². The summed E-state index contributed by atoms with van der Waals surface area (Å²) in [5, 5.41) is 7.51. The average Bonchev–Trinajstić information content (AvgIpc) is 3.37. The molecule has 1 amide bonds. The molecule has 5 aromatic rings. The quantitative estimate of drug-likeness (QED) is 0.335. The minimum Gasteiger partial charge on any atom is -0.457 e. The van der Waals surface area contributed by atoms with Crippen LogP contribution in [0, 0.1) is 12.3 Å². The number of rotatable bonds is 6. The van der Waals surface area contributed by atoms with Crippen molar-refractivity contribution in [3.63, 3.8) is 0 Å². The molecule has 0 atom stereocenters. The third-order valence-corrected chi connectivity index (χ3v) is 7.30. The second kappa shape index (κ2) is 8.76. The van der Waals surface area contributed by atoms with Crippen LogP contribution < -0.4 is 15.0 Å². The van der Waals surface area contributed by atoms with E-state index in [2.05, 4.69) is 36.8 Å². The van der Waals surface area contributed by atoms with Gasteiger partial charge in [0.05, 0.1) is 5.52 Å². The normalized spacial score (nSPS) is 15.7. The predicted molar refractivity (Wildman–Crippen MR) is 146 cm³/mol. The minimum absolute atomic E-state index is 0.000941. The van der Waals surface area contributed by atoms with Gasteiger partial charge in [0.1, 0.15) is 35.5 Å². The number of nitrogens with zero attached hydrogens (tertiary/aromatic N) is 8. The fraction of sp³-hybridized carbons (Fsp3) is 0.214. The number of ether oxygens (including phenoxy) is 1. The van der Waals surface area contributed by atoms with Crippen LogP contribution in [-0.4, -0.2) is 66.5 Å². The van der Waals surface area contributed by atoms with Crippen LogP contribution in [0.4, 0.5) is 17.3 Å². The van der Waals surface area contributed by atoms with Crippen molar-refractivity contribution in [1.29, 1.82) is 0 Å². The van der Waals surface area contributed by atoms with Crippen LogP contribution in [0.3, 0.4) is 0 Å². The summed E-state index contributed by atoms with van der Waals surface area (Å²) in [7, 11) is 0. The molecule has 194 valence electrons. The Balaban J connectivity index is 1.08. The zero-order chi connectivity index (χ0) is 26.6. The molecule has 0 aliphatic carbocycles. The first-order valence-electron chi connectivity index (χ1n) is 12.6. The first-order valence-corrected chi connectivity index (χ1v) is 12.6. The smallest absolute Gasteiger partial charge is 0.245 e. The van der Waals surface area contributed by atoms with Crippen LogP contribution in [0.25, 0.3) is 16.7 Å². The number of aromatic nitrogens is 6. The van der Waals surface area contributed by atoms with E-state index in [9.17, 15) is 4.79 Å². The van der Waals surface area contributed by atoms with Gasteiger partial charge >= 0.3 is 0 Å². The molecule has 6 heterocycles. The van der Waals surface area contributed by atoms with E-state index in [-0.39, 0.29) is 11.3 Å². The van der Waals surface area contributed by atoms with Crippen molar-refractivity contribution in [3.8, 4) is 11.5 Å². The Morgan fingerprint density at radius 3 is 2.74 bits per heavy atom. The number of carbonyl (C=O) groups is 1. The number of nitrogens with one attached hydrogen (secondary N) is 1. The summed E-state index contributed by atoms with van der Waals surface area (Å²) in [6, 6.07) is 13.5.